The molecule has 0 fully saturated rings. The van der Waals surface area contributed by atoms with Crippen LogP contribution in [-0.2, 0) is 0 Å². The van der Waals surface area contributed by atoms with Crippen molar-refractivity contribution in [3.8, 4) is 28.3 Å². The number of hydrogen-bond donors (Lipinski definition) is 1. The van der Waals surface area contributed by atoms with Gasteiger partial charge in [-0.3, -0.25) is 0 Å². The molecule has 3 nitrogen and oxygen atoms in total. The maximum atomic E-state index is 13.5. The molecule has 3 rings (SSSR count). The molecule has 104 valence electrons. The molecule has 1 aromatic heterocycles. The first-order valence-electron chi connectivity index (χ1n) is 6.52. The van der Waals surface area contributed by atoms with Crippen LogP contribution in [0.2, 0.25) is 0 Å². The summed E-state index contributed by atoms with van der Waals surface area (Å²) in [6, 6.07) is 11.3. The molecule has 1 N–H and O–H groups in total. The first kappa shape index (κ1) is 13.2. The van der Waals surface area contributed by atoms with E-state index in [1.54, 1.807) is 18.5 Å². The van der Waals surface area contributed by atoms with Gasteiger partial charge in [0.15, 0.2) is 5.82 Å². The van der Waals surface area contributed by atoms with E-state index in [0.717, 1.165) is 11.1 Å². The highest BCUT2D eigenvalue weighted by Gasteiger charge is 2.13. The van der Waals surface area contributed by atoms with Crippen molar-refractivity contribution >= 4 is 0 Å². The second-order valence-corrected chi connectivity index (χ2v) is 4.78. The van der Waals surface area contributed by atoms with Gasteiger partial charge in [0.2, 0.25) is 0 Å². The third-order valence-electron chi connectivity index (χ3n) is 3.23. The molecule has 0 aliphatic heterocycles. The van der Waals surface area contributed by atoms with Crippen molar-refractivity contribution < 1.29 is 9.50 Å². The SMILES string of the molecule is Cc1ccc(-c2cc(F)ccc2O)c(-c2ncccn2)c1. The molecule has 2 aromatic carbocycles. The Bertz CT molecular complexity index is 788. The van der Waals surface area contributed by atoms with Gasteiger partial charge in [-0.25, -0.2) is 14.4 Å². The summed E-state index contributed by atoms with van der Waals surface area (Å²) in [6.07, 6.45) is 3.31. The summed E-state index contributed by atoms with van der Waals surface area (Å²) in [6.45, 7) is 1.96. The number of aryl methyl sites for hydroxylation is 1. The predicted molar refractivity (Wildman–Crippen MR) is 79.3 cm³/mol. The smallest absolute Gasteiger partial charge is 0.159 e. The minimum atomic E-state index is -0.400. The topological polar surface area (TPSA) is 46.0 Å². The quantitative estimate of drug-likeness (QED) is 0.772. The van der Waals surface area contributed by atoms with E-state index < -0.39 is 5.82 Å². The van der Waals surface area contributed by atoms with E-state index in [4.69, 9.17) is 0 Å². The maximum absolute atomic E-state index is 13.5. The Kier molecular flexibility index (Phi) is 3.36. The number of phenolic OH excluding ortho intramolecular Hbond substituents is 1. The van der Waals surface area contributed by atoms with Gasteiger partial charge in [-0.2, -0.15) is 0 Å². The van der Waals surface area contributed by atoms with Crippen LogP contribution in [0.4, 0.5) is 4.39 Å². The van der Waals surface area contributed by atoms with Crippen molar-refractivity contribution in [1.29, 1.82) is 0 Å². The van der Waals surface area contributed by atoms with Crippen molar-refractivity contribution in [2.45, 2.75) is 6.92 Å². The maximum Gasteiger partial charge on any atom is 0.159 e. The van der Waals surface area contributed by atoms with Gasteiger partial charge in [-0.1, -0.05) is 17.7 Å². The standard InChI is InChI=1S/C17H13FN2O/c1-11-3-5-13(14-10-12(18)4-6-16(14)21)15(9-11)17-19-7-2-8-20-17/h2-10,21H,1H3. The number of aromatic hydroxyl groups is 1. The van der Waals surface area contributed by atoms with Gasteiger partial charge in [-0.15, -0.1) is 0 Å². The highest BCUT2D eigenvalue weighted by molar-refractivity contribution is 5.83. The summed E-state index contributed by atoms with van der Waals surface area (Å²) < 4.78 is 13.5. The van der Waals surface area contributed by atoms with Crippen LogP contribution in [-0.4, -0.2) is 15.1 Å². The lowest BCUT2D eigenvalue weighted by atomic mass is 9.96. The summed E-state index contributed by atoms with van der Waals surface area (Å²) in [5.74, 6) is 0.167. The van der Waals surface area contributed by atoms with Crippen molar-refractivity contribution in [3.63, 3.8) is 0 Å². The average molecular weight is 280 g/mol. The summed E-state index contributed by atoms with van der Waals surface area (Å²) in [4.78, 5) is 8.48. The number of benzene rings is 2. The van der Waals surface area contributed by atoms with E-state index in [0.29, 0.717) is 17.0 Å². The van der Waals surface area contributed by atoms with Gasteiger partial charge in [0, 0.05) is 23.5 Å². The van der Waals surface area contributed by atoms with Gasteiger partial charge < -0.3 is 5.11 Å². The molecule has 21 heavy (non-hydrogen) atoms. The average Bonchev–Trinajstić information content (AvgIpc) is 2.51. The van der Waals surface area contributed by atoms with Crippen LogP contribution in [0.3, 0.4) is 0 Å². The van der Waals surface area contributed by atoms with E-state index in [1.807, 2.05) is 25.1 Å². The van der Waals surface area contributed by atoms with Crippen molar-refractivity contribution in [2.24, 2.45) is 0 Å². The lowest BCUT2D eigenvalue weighted by Gasteiger charge is -2.11. The summed E-state index contributed by atoms with van der Waals surface area (Å²) in [7, 11) is 0. The Morgan fingerprint density at radius 2 is 1.67 bits per heavy atom. The fourth-order valence-electron chi connectivity index (χ4n) is 2.24. The number of halogens is 1. The molecule has 0 saturated heterocycles. The molecule has 0 aliphatic rings. The van der Waals surface area contributed by atoms with E-state index in [-0.39, 0.29) is 5.75 Å². The fourth-order valence-corrected chi connectivity index (χ4v) is 2.24. The van der Waals surface area contributed by atoms with Crippen LogP contribution < -0.4 is 0 Å². The number of phenols is 1. The van der Waals surface area contributed by atoms with E-state index >= 15 is 0 Å². The first-order valence-corrected chi connectivity index (χ1v) is 6.52. The second kappa shape index (κ2) is 5.32. The monoisotopic (exact) mass is 280 g/mol. The van der Waals surface area contributed by atoms with Crippen LogP contribution >= 0.6 is 0 Å². The number of rotatable bonds is 2. The Morgan fingerprint density at radius 3 is 2.43 bits per heavy atom. The highest BCUT2D eigenvalue weighted by Crippen LogP contribution is 2.36. The van der Waals surface area contributed by atoms with E-state index in [9.17, 15) is 9.50 Å². The van der Waals surface area contributed by atoms with Gasteiger partial charge in [0.05, 0.1) is 0 Å². The lowest BCUT2D eigenvalue weighted by molar-refractivity contribution is 0.475. The van der Waals surface area contributed by atoms with Crippen LogP contribution in [0, 0.1) is 12.7 Å². The van der Waals surface area contributed by atoms with Gasteiger partial charge in [-0.05, 0) is 42.8 Å². The molecule has 0 amide bonds. The fraction of sp³-hybridized carbons (Fsp3) is 0.0588. The Morgan fingerprint density at radius 1 is 0.905 bits per heavy atom. The van der Waals surface area contributed by atoms with Crippen molar-refractivity contribution in [3.05, 3.63) is 66.2 Å². The molecule has 0 radical (unpaired) electrons. The summed E-state index contributed by atoms with van der Waals surface area (Å²) >= 11 is 0. The van der Waals surface area contributed by atoms with E-state index in [1.165, 1.54) is 18.2 Å². The predicted octanol–water partition coefficient (Wildman–Crippen LogP) is 3.96. The Hall–Kier alpha value is -2.75. The van der Waals surface area contributed by atoms with Crippen LogP contribution in [0.15, 0.2) is 54.9 Å². The molecule has 1 heterocycles. The zero-order chi connectivity index (χ0) is 14.8. The molecule has 0 spiro atoms. The van der Waals surface area contributed by atoms with Crippen LogP contribution in [0.25, 0.3) is 22.5 Å². The van der Waals surface area contributed by atoms with E-state index in [2.05, 4.69) is 9.97 Å². The molecule has 0 atom stereocenters. The van der Waals surface area contributed by atoms with Crippen molar-refractivity contribution in [2.75, 3.05) is 0 Å². The van der Waals surface area contributed by atoms with Crippen molar-refractivity contribution in [1.82, 2.24) is 9.97 Å². The summed E-state index contributed by atoms with van der Waals surface area (Å²) in [5.41, 5.74) is 2.93. The molecule has 0 unspecified atom stereocenters. The Labute approximate surface area is 121 Å². The van der Waals surface area contributed by atoms with Crippen LogP contribution in [0.1, 0.15) is 5.56 Å². The molecule has 0 bridgehead atoms. The molecule has 4 heteroatoms. The zero-order valence-electron chi connectivity index (χ0n) is 11.4. The zero-order valence-corrected chi connectivity index (χ0v) is 11.4. The second-order valence-electron chi connectivity index (χ2n) is 4.78. The minimum Gasteiger partial charge on any atom is -0.507 e. The third kappa shape index (κ3) is 2.60. The number of nitrogens with zero attached hydrogens (tertiary/aromatic N) is 2. The van der Waals surface area contributed by atoms with Crippen LogP contribution in [0.5, 0.6) is 5.75 Å². The minimum absolute atomic E-state index is 0.0254. The molecular formula is C17H13FN2O. The lowest BCUT2D eigenvalue weighted by Crippen LogP contribution is -1.92. The molecule has 0 aliphatic carbocycles. The number of hydrogen-bond acceptors (Lipinski definition) is 3. The Balaban J connectivity index is 2.26. The number of aromatic nitrogens is 2. The molecule has 3 aromatic rings. The molecular weight excluding hydrogens is 267 g/mol. The summed E-state index contributed by atoms with van der Waals surface area (Å²) in [5, 5.41) is 10.0. The first-order chi connectivity index (χ1) is 10.1. The molecule has 0 saturated carbocycles. The third-order valence-corrected chi connectivity index (χ3v) is 3.23. The van der Waals surface area contributed by atoms with Gasteiger partial charge in [0.25, 0.3) is 0 Å². The van der Waals surface area contributed by atoms with Gasteiger partial charge >= 0.3 is 0 Å². The highest BCUT2D eigenvalue weighted by atomic mass is 19.1. The van der Waals surface area contributed by atoms with Gasteiger partial charge in [0.1, 0.15) is 11.6 Å². The largest absolute Gasteiger partial charge is 0.507 e. The normalized spacial score (nSPS) is 10.6.